The van der Waals surface area contributed by atoms with Gasteiger partial charge in [0.05, 0.1) is 0 Å². The summed E-state index contributed by atoms with van der Waals surface area (Å²) in [6.45, 7) is 2.41. The van der Waals surface area contributed by atoms with Gasteiger partial charge in [0.2, 0.25) is 0 Å². The Kier molecular flexibility index (Phi) is 5.78. The lowest BCUT2D eigenvalue weighted by molar-refractivity contribution is 0.108. The molecule has 3 heteroatoms. The molecule has 112 valence electrons. The number of rotatable bonds is 7. The second-order valence-electron chi connectivity index (χ2n) is 5.28. The molecule has 0 heterocycles. The van der Waals surface area contributed by atoms with Gasteiger partial charge in [0, 0.05) is 6.04 Å². The van der Waals surface area contributed by atoms with E-state index in [2.05, 4.69) is 24.4 Å². The summed E-state index contributed by atoms with van der Waals surface area (Å²) in [6.07, 6.45) is 0.388. The third kappa shape index (κ3) is 4.88. The summed E-state index contributed by atoms with van der Waals surface area (Å²) >= 11 is 0. The minimum absolute atomic E-state index is 0.260. The van der Waals surface area contributed by atoms with Gasteiger partial charge in [0.1, 0.15) is 18.5 Å². The molecule has 2 rings (SSSR count). The Labute approximate surface area is 126 Å². The first-order valence-corrected chi connectivity index (χ1v) is 7.31. The van der Waals surface area contributed by atoms with E-state index >= 15 is 0 Å². The Morgan fingerprint density at radius 2 is 1.71 bits per heavy atom. The molecule has 0 aliphatic carbocycles. The smallest absolute Gasteiger partial charge is 0.119 e. The first kappa shape index (κ1) is 15.5. The van der Waals surface area contributed by atoms with Crippen LogP contribution in [-0.4, -0.2) is 24.8 Å². The van der Waals surface area contributed by atoms with Gasteiger partial charge >= 0.3 is 0 Å². The van der Waals surface area contributed by atoms with Crippen LogP contribution in [0.25, 0.3) is 0 Å². The summed E-state index contributed by atoms with van der Waals surface area (Å²) in [7, 11) is 1.97. The van der Waals surface area contributed by atoms with E-state index < -0.39 is 6.10 Å². The number of aliphatic hydroxyl groups is 1. The van der Waals surface area contributed by atoms with Crippen LogP contribution in [0.4, 0.5) is 0 Å². The van der Waals surface area contributed by atoms with Crippen molar-refractivity contribution >= 4 is 0 Å². The van der Waals surface area contributed by atoms with E-state index in [4.69, 9.17) is 4.74 Å². The summed E-state index contributed by atoms with van der Waals surface area (Å²) in [4.78, 5) is 0. The molecule has 0 aliphatic heterocycles. The lowest BCUT2D eigenvalue weighted by Gasteiger charge is -2.14. The number of nitrogens with one attached hydrogen (secondary N) is 1. The Morgan fingerprint density at radius 3 is 2.33 bits per heavy atom. The molecule has 0 fully saturated rings. The second kappa shape index (κ2) is 7.81. The molecular formula is C18H23NO2. The van der Waals surface area contributed by atoms with Crippen molar-refractivity contribution in [2.45, 2.75) is 25.5 Å². The molecule has 2 unspecified atom stereocenters. The van der Waals surface area contributed by atoms with Crippen molar-refractivity contribution in [3.8, 4) is 5.75 Å². The average molecular weight is 285 g/mol. The molecule has 0 aliphatic rings. The molecule has 2 aromatic carbocycles. The summed E-state index contributed by atoms with van der Waals surface area (Å²) in [5, 5.41) is 13.3. The minimum Gasteiger partial charge on any atom is -0.491 e. The molecule has 0 spiro atoms. The van der Waals surface area contributed by atoms with Gasteiger partial charge in [-0.2, -0.15) is 0 Å². The number of likely N-dealkylation sites (N-methyl/N-ethyl adjacent to an activating group) is 1. The molecule has 0 saturated carbocycles. The van der Waals surface area contributed by atoms with E-state index in [-0.39, 0.29) is 6.61 Å². The van der Waals surface area contributed by atoms with E-state index in [1.54, 1.807) is 0 Å². The molecule has 2 aromatic rings. The number of hydrogen-bond acceptors (Lipinski definition) is 3. The highest BCUT2D eigenvalue weighted by Crippen LogP contribution is 2.17. The van der Waals surface area contributed by atoms with E-state index in [0.29, 0.717) is 6.04 Å². The van der Waals surface area contributed by atoms with E-state index in [1.165, 1.54) is 5.56 Å². The lowest BCUT2D eigenvalue weighted by atomic mass is 10.1. The Bertz CT molecular complexity index is 525. The zero-order valence-corrected chi connectivity index (χ0v) is 12.6. The molecule has 0 bridgehead atoms. The van der Waals surface area contributed by atoms with Crippen molar-refractivity contribution in [3.05, 3.63) is 65.7 Å². The SMILES string of the molecule is CNC(C)Cc1ccc(OCC(O)c2ccccc2)cc1. The maximum absolute atomic E-state index is 10.1. The van der Waals surface area contributed by atoms with Crippen LogP contribution >= 0.6 is 0 Å². The van der Waals surface area contributed by atoms with Crippen LogP contribution < -0.4 is 10.1 Å². The van der Waals surface area contributed by atoms with Crippen molar-refractivity contribution in [2.75, 3.05) is 13.7 Å². The van der Waals surface area contributed by atoms with Crippen molar-refractivity contribution < 1.29 is 9.84 Å². The van der Waals surface area contributed by atoms with Crippen molar-refractivity contribution in [1.29, 1.82) is 0 Å². The van der Waals surface area contributed by atoms with Gasteiger partial charge in [-0.05, 0) is 43.7 Å². The highest BCUT2D eigenvalue weighted by Gasteiger charge is 2.08. The molecule has 2 atom stereocenters. The standard InChI is InChI=1S/C18H23NO2/c1-14(19-2)12-15-8-10-17(11-9-15)21-13-18(20)16-6-4-3-5-7-16/h3-11,14,18-20H,12-13H2,1-2H3. The zero-order chi connectivity index (χ0) is 15.1. The van der Waals surface area contributed by atoms with Crippen LogP contribution in [0, 0.1) is 0 Å². The summed E-state index contributed by atoms with van der Waals surface area (Å²) in [6, 6.07) is 18.1. The van der Waals surface area contributed by atoms with Gasteiger partial charge in [-0.3, -0.25) is 0 Å². The second-order valence-corrected chi connectivity index (χ2v) is 5.28. The van der Waals surface area contributed by atoms with Crippen molar-refractivity contribution in [2.24, 2.45) is 0 Å². The number of ether oxygens (including phenoxy) is 1. The zero-order valence-electron chi connectivity index (χ0n) is 12.6. The first-order chi connectivity index (χ1) is 10.2. The highest BCUT2D eigenvalue weighted by molar-refractivity contribution is 5.28. The normalized spacial score (nSPS) is 13.7. The maximum atomic E-state index is 10.1. The van der Waals surface area contributed by atoms with Gasteiger partial charge < -0.3 is 15.2 Å². The van der Waals surface area contributed by atoms with E-state index in [9.17, 15) is 5.11 Å². The quantitative estimate of drug-likeness (QED) is 0.822. The molecule has 3 nitrogen and oxygen atoms in total. The van der Waals surface area contributed by atoms with Gasteiger partial charge in [0.25, 0.3) is 0 Å². The molecule has 2 N–H and O–H groups in total. The third-order valence-corrected chi connectivity index (χ3v) is 3.55. The van der Waals surface area contributed by atoms with Crippen LogP contribution in [0.15, 0.2) is 54.6 Å². The van der Waals surface area contributed by atoms with Crippen molar-refractivity contribution in [3.63, 3.8) is 0 Å². The van der Waals surface area contributed by atoms with E-state index in [0.717, 1.165) is 17.7 Å². The summed E-state index contributed by atoms with van der Waals surface area (Å²) in [5.41, 5.74) is 2.14. The van der Waals surface area contributed by atoms with Crippen LogP contribution in [0.2, 0.25) is 0 Å². The Balaban J connectivity index is 1.86. The summed E-state index contributed by atoms with van der Waals surface area (Å²) in [5.74, 6) is 0.783. The molecule has 0 saturated heterocycles. The fourth-order valence-corrected chi connectivity index (χ4v) is 2.12. The average Bonchev–Trinajstić information content (AvgIpc) is 2.54. The molecular weight excluding hydrogens is 262 g/mol. The minimum atomic E-state index is -0.602. The fraction of sp³-hybridized carbons (Fsp3) is 0.333. The first-order valence-electron chi connectivity index (χ1n) is 7.31. The molecule has 21 heavy (non-hydrogen) atoms. The number of benzene rings is 2. The van der Waals surface area contributed by atoms with Gasteiger partial charge in [-0.15, -0.1) is 0 Å². The summed E-state index contributed by atoms with van der Waals surface area (Å²) < 4.78 is 5.64. The topological polar surface area (TPSA) is 41.5 Å². The molecule has 0 radical (unpaired) electrons. The van der Waals surface area contributed by atoms with Crippen LogP contribution in [0.5, 0.6) is 5.75 Å². The third-order valence-electron chi connectivity index (χ3n) is 3.55. The van der Waals surface area contributed by atoms with Crippen LogP contribution in [0.1, 0.15) is 24.2 Å². The predicted molar refractivity (Wildman–Crippen MR) is 85.6 cm³/mol. The molecule has 0 amide bonds. The monoisotopic (exact) mass is 285 g/mol. The van der Waals surface area contributed by atoms with Gasteiger partial charge in [-0.1, -0.05) is 42.5 Å². The maximum Gasteiger partial charge on any atom is 0.119 e. The van der Waals surface area contributed by atoms with Crippen LogP contribution in [-0.2, 0) is 6.42 Å². The lowest BCUT2D eigenvalue weighted by Crippen LogP contribution is -2.23. The van der Waals surface area contributed by atoms with Gasteiger partial charge in [0.15, 0.2) is 0 Å². The van der Waals surface area contributed by atoms with Crippen molar-refractivity contribution in [1.82, 2.24) is 5.32 Å². The number of hydrogen-bond donors (Lipinski definition) is 2. The van der Waals surface area contributed by atoms with E-state index in [1.807, 2.05) is 49.5 Å². The Morgan fingerprint density at radius 1 is 1.05 bits per heavy atom. The largest absolute Gasteiger partial charge is 0.491 e. The number of aliphatic hydroxyl groups excluding tert-OH is 1. The van der Waals surface area contributed by atoms with Gasteiger partial charge in [-0.25, -0.2) is 0 Å². The molecule has 0 aromatic heterocycles. The Hall–Kier alpha value is -1.84. The van der Waals surface area contributed by atoms with Crippen LogP contribution in [0.3, 0.4) is 0 Å². The highest BCUT2D eigenvalue weighted by atomic mass is 16.5. The predicted octanol–water partition coefficient (Wildman–Crippen LogP) is 2.95. The fourth-order valence-electron chi connectivity index (χ4n) is 2.12.